The van der Waals surface area contributed by atoms with Gasteiger partial charge in [0.05, 0.1) is 16.8 Å². The van der Waals surface area contributed by atoms with Crippen LogP contribution in [0.3, 0.4) is 0 Å². The molecule has 88 valence electrons. The molecule has 0 unspecified atom stereocenters. The normalized spacial score (nSPS) is 10.1. The molecule has 17 heavy (non-hydrogen) atoms. The highest BCUT2D eigenvalue weighted by molar-refractivity contribution is 7.13. The summed E-state index contributed by atoms with van der Waals surface area (Å²) < 4.78 is 1.84. The fourth-order valence-electron chi connectivity index (χ4n) is 1.62. The van der Waals surface area contributed by atoms with Gasteiger partial charge in [-0.25, -0.2) is 9.50 Å². The highest BCUT2D eigenvalue weighted by Gasteiger charge is 2.05. The Labute approximate surface area is 105 Å². The summed E-state index contributed by atoms with van der Waals surface area (Å²) in [6, 6.07) is 8.10. The largest absolute Gasteiger partial charge is 0.228 e. The molecule has 3 nitrogen and oxygen atoms in total. The van der Waals surface area contributed by atoms with E-state index in [1.165, 1.54) is 4.88 Å². The zero-order valence-corrected chi connectivity index (χ0v) is 11.0. The maximum atomic E-state index is 4.55. The minimum Gasteiger partial charge on any atom is -0.228 e. The number of hydrogen-bond donors (Lipinski definition) is 0. The van der Waals surface area contributed by atoms with Crippen molar-refractivity contribution in [2.45, 2.75) is 20.8 Å². The number of hydrogen-bond acceptors (Lipinski definition) is 3. The summed E-state index contributed by atoms with van der Waals surface area (Å²) in [5.74, 6) is 0. The van der Waals surface area contributed by atoms with E-state index in [4.69, 9.17) is 0 Å². The topological polar surface area (TPSA) is 30.2 Å². The van der Waals surface area contributed by atoms with Gasteiger partial charge in [0.1, 0.15) is 0 Å². The van der Waals surface area contributed by atoms with Crippen molar-refractivity contribution >= 4 is 17.0 Å². The van der Waals surface area contributed by atoms with Crippen molar-refractivity contribution in [3.63, 3.8) is 0 Å². The van der Waals surface area contributed by atoms with Gasteiger partial charge >= 0.3 is 0 Å². The number of rotatable bonds is 1. The molecule has 3 aromatic rings. The van der Waals surface area contributed by atoms with Gasteiger partial charge in [0.25, 0.3) is 0 Å². The Morgan fingerprint density at radius 1 is 1.24 bits per heavy atom. The second-order valence-corrected chi connectivity index (χ2v) is 4.31. The summed E-state index contributed by atoms with van der Waals surface area (Å²) in [7, 11) is 0. The van der Waals surface area contributed by atoms with Gasteiger partial charge in [0.15, 0.2) is 5.65 Å². The molecule has 0 N–H and O–H groups in total. The number of thiophene rings is 1. The molecule has 3 heterocycles. The first-order valence-electron chi connectivity index (χ1n) is 5.70. The Balaban J connectivity index is 0.000000514. The van der Waals surface area contributed by atoms with Gasteiger partial charge in [-0.1, -0.05) is 19.9 Å². The minimum atomic E-state index is 0.901. The lowest BCUT2D eigenvalue weighted by molar-refractivity contribution is 0.897. The van der Waals surface area contributed by atoms with E-state index in [0.29, 0.717) is 0 Å². The number of aryl methyl sites for hydroxylation is 1. The molecular formula is C13H15N3S. The smallest absolute Gasteiger partial charge is 0.155 e. The summed E-state index contributed by atoms with van der Waals surface area (Å²) in [6.45, 7) is 6.04. The molecule has 0 aliphatic carbocycles. The van der Waals surface area contributed by atoms with Crippen LogP contribution in [0.5, 0.6) is 0 Å². The lowest BCUT2D eigenvalue weighted by atomic mass is 10.3. The third-order valence-corrected chi connectivity index (χ3v) is 3.20. The molecule has 0 bridgehead atoms. The first kappa shape index (κ1) is 11.8. The molecule has 4 heteroatoms. The standard InChI is InChI=1S/C11H9N3S.C2H6/c1-8-7-9(10-3-2-6-15-10)13-11-4-5-12-14(8)11;1-2/h2-7H,1H3;1-2H3. The maximum absolute atomic E-state index is 4.55. The Morgan fingerprint density at radius 2 is 2.06 bits per heavy atom. The van der Waals surface area contributed by atoms with Crippen molar-refractivity contribution in [1.82, 2.24) is 14.6 Å². The summed E-state index contributed by atoms with van der Waals surface area (Å²) in [6.07, 6.45) is 1.77. The van der Waals surface area contributed by atoms with E-state index in [1.807, 2.05) is 37.4 Å². The van der Waals surface area contributed by atoms with Crippen LogP contribution in [0.15, 0.2) is 35.8 Å². The summed E-state index contributed by atoms with van der Waals surface area (Å²) in [5.41, 5.74) is 3.03. The second kappa shape index (κ2) is 5.10. The van der Waals surface area contributed by atoms with Crippen LogP contribution in [0, 0.1) is 6.92 Å². The Hall–Kier alpha value is -1.68. The first-order valence-corrected chi connectivity index (χ1v) is 6.58. The molecule has 3 rings (SSSR count). The quantitative estimate of drug-likeness (QED) is 0.653. The number of nitrogens with zero attached hydrogens (tertiary/aromatic N) is 3. The monoisotopic (exact) mass is 245 g/mol. The minimum absolute atomic E-state index is 0.901. The van der Waals surface area contributed by atoms with Crippen LogP contribution in [0.2, 0.25) is 0 Å². The third kappa shape index (κ3) is 2.22. The SMILES string of the molecule is CC.Cc1cc(-c2cccs2)nc2ccnn12. The predicted octanol–water partition coefficient (Wildman–Crippen LogP) is 3.79. The molecule has 0 radical (unpaired) electrons. The van der Waals surface area contributed by atoms with E-state index in [-0.39, 0.29) is 0 Å². The fourth-order valence-corrected chi connectivity index (χ4v) is 2.30. The van der Waals surface area contributed by atoms with Gasteiger partial charge in [-0.2, -0.15) is 5.10 Å². The van der Waals surface area contributed by atoms with Gasteiger partial charge < -0.3 is 0 Å². The van der Waals surface area contributed by atoms with E-state index >= 15 is 0 Å². The summed E-state index contributed by atoms with van der Waals surface area (Å²) in [5, 5.41) is 6.26. The number of aromatic nitrogens is 3. The predicted molar refractivity (Wildman–Crippen MR) is 72.4 cm³/mol. The fraction of sp³-hybridized carbons (Fsp3) is 0.231. The van der Waals surface area contributed by atoms with Crippen LogP contribution in [0.1, 0.15) is 19.5 Å². The molecule has 0 saturated carbocycles. The Bertz CT molecular complexity index is 596. The van der Waals surface area contributed by atoms with Crippen LogP contribution in [0.4, 0.5) is 0 Å². The van der Waals surface area contributed by atoms with Crippen LogP contribution < -0.4 is 0 Å². The average Bonchev–Trinajstić information content (AvgIpc) is 3.02. The van der Waals surface area contributed by atoms with Crippen molar-refractivity contribution in [2.75, 3.05) is 0 Å². The maximum Gasteiger partial charge on any atom is 0.155 e. The van der Waals surface area contributed by atoms with Crippen molar-refractivity contribution in [3.05, 3.63) is 41.5 Å². The van der Waals surface area contributed by atoms with Crippen LogP contribution in [-0.2, 0) is 0 Å². The highest BCUT2D eigenvalue weighted by atomic mass is 32.1. The van der Waals surface area contributed by atoms with Gasteiger partial charge in [-0.05, 0) is 24.4 Å². The van der Waals surface area contributed by atoms with Crippen LogP contribution in [-0.4, -0.2) is 14.6 Å². The Morgan fingerprint density at radius 3 is 2.76 bits per heavy atom. The number of fused-ring (bicyclic) bond motifs is 1. The van der Waals surface area contributed by atoms with Gasteiger partial charge in [0, 0.05) is 11.8 Å². The lowest BCUT2D eigenvalue weighted by Gasteiger charge is -2.02. The molecule has 0 aliphatic heterocycles. The van der Waals surface area contributed by atoms with Gasteiger partial charge in [-0.3, -0.25) is 0 Å². The molecule has 0 spiro atoms. The zero-order valence-electron chi connectivity index (χ0n) is 10.2. The second-order valence-electron chi connectivity index (χ2n) is 3.36. The molecule has 0 fully saturated rings. The van der Waals surface area contributed by atoms with Crippen molar-refractivity contribution < 1.29 is 0 Å². The lowest BCUT2D eigenvalue weighted by Crippen LogP contribution is -1.96. The summed E-state index contributed by atoms with van der Waals surface area (Å²) >= 11 is 1.70. The van der Waals surface area contributed by atoms with E-state index in [9.17, 15) is 0 Å². The van der Waals surface area contributed by atoms with E-state index in [2.05, 4.69) is 27.6 Å². The third-order valence-electron chi connectivity index (χ3n) is 2.31. The molecule has 0 saturated heterocycles. The molecule has 3 aromatic heterocycles. The van der Waals surface area contributed by atoms with E-state index in [1.54, 1.807) is 17.5 Å². The van der Waals surface area contributed by atoms with E-state index in [0.717, 1.165) is 17.0 Å². The molecule has 0 amide bonds. The zero-order chi connectivity index (χ0) is 12.3. The van der Waals surface area contributed by atoms with Gasteiger partial charge in [0.2, 0.25) is 0 Å². The van der Waals surface area contributed by atoms with E-state index < -0.39 is 0 Å². The van der Waals surface area contributed by atoms with Crippen molar-refractivity contribution in [2.24, 2.45) is 0 Å². The highest BCUT2D eigenvalue weighted by Crippen LogP contribution is 2.23. The van der Waals surface area contributed by atoms with Crippen LogP contribution >= 0.6 is 11.3 Å². The Kier molecular flexibility index (Phi) is 3.54. The van der Waals surface area contributed by atoms with Gasteiger partial charge in [-0.15, -0.1) is 11.3 Å². The van der Waals surface area contributed by atoms with Crippen molar-refractivity contribution in [1.29, 1.82) is 0 Å². The molecule has 0 aliphatic rings. The van der Waals surface area contributed by atoms with Crippen LogP contribution in [0.25, 0.3) is 16.2 Å². The molecule has 0 aromatic carbocycles. The first-order chi connectivity index (χ1) is 8.34. The average molecular weight is 245 g/mol. The van der Waals surface area contributed by atoms with Crippen molar-refractivity contribution in [3.8, 4) is 10.6 Å². The molecular weight excluding hydrogens is 230 g/mol. The summed E-state index contributed by atoms with van der Waals surface area (Å²) in [4.78, 5) is 5.75. The molecule has 0 atom stereocenters.